The predicted octanol–water partition coefficient (Wildman–Crippen LogP) is 2.56. The first-order chi connectivity index (χ1) is 16.2. The zero-order chi connectivity index (χ0) is 25.0. The first-order valence-electron chi connectivity index (χ1n) is 11.0. The fourth-order valence-corrected chi connectivity index (χ4v) is 4.29. The molecule has 2 N–H and O–H groups in total. The van der Waals surface area contributed by atoms with Crippen LogP contribution in [0.3, 0.4) is 0 Å². The highest BCUT2D eigenvalue weighted by Crippen LogP contribution is 2.27. The van der Waals surface area contributed by atoms with Crippen molar-refractivity contribution in [2.24, 2.45) is 0 Å². The summed E-state index contributed by atoms with van der Waals surface area (Å²) >= 11 is 4.44. The average molecular weight is 497 g/mol. The number of aromatic nitrogens is 1. The molecule has 2 aliphatic rings. The minimum absolute atomic E-state index is 0.000193. The second-order valence-electron chi connectivity index (χ2n) is 8.11. The number of thiol groups is 1. The third kappa shape index (κ3) is 5.21. The fourth-order valence-electron chi connectivity index (χ4n) is 4.02. The summed E-state index contributed by atoms with van der Waals surface area (Å²) in [5, 5.41) is 14.6. The van der Waals surface area contributed by atoms with E-state index in [2.05, 4.69) is 24.5 Å². The van der Waals surface area contributed by atoms with Crippen LogP contribution in [0.4, 0.5) is 8.78 Å². The van der Waals surface area contributed by atoms with Gasteiger partial charge < -0.3 is 14.7 Å². The molecule has 0 aromatic carbocycles. The number of methoxy groups -OCH3 is 1. The Kier molecular flexibility index (Phi) is 8.56. The van der Waals surface area contributed by atoms with Crippen LogP contribution in [0.5, 0.6) is 5.75 Å². The summed E-state index contributed by atoms with van der Waals surface area (Å²) < 4.78 is 34.1. The summed E-state index contributed by atoms with van der Waals surface area (Å²) in [5.74, 6) is -1.83. The molecule has 34 heavy (non-hydrogen) atoms. The number of halogens is 2. The molecule has 2 heterocycles. The van der Waals surface area contributed by atoms with Crippen LogP contribution in [0.15, 0.2) is 47.2 Å². The average Bonchev–Trinajstić information content (AvgIpc) is 2.80. The molecule has 0 radical (unpaired) electrons. The van der Waals surface area contributed by atoms with Gasteiger partial charge in [-0.3, -0.25) is 24.6 Å². The molecule has 3 atom stereocenters. The minimum Gasteiger partial charge on any atom is -0.502 e. The molecule has 0 spiro atoms. The molecule has 1 aromatic heterocycles. The lowest BCUT2D eigenvalue weighted by Gasteiger charge is -2.43. The maximum atomic E-state index is 14.0. The van der Waals surface area contributed by atoms with E-state index in [1.165, 1.54) is 21.8 Å². The number of amides is 1. The Hall–Kier alpha value is -2.63. The Morgan fingerprint density at radius 3 is 2.79 bits per heavy atom. The van der Waals surface area contributed by atoms with Crippen LogP contribution in [-0.2, 0) is 4.74 Å². The molecule has 11 heteroatoms. The van der Waals surface area contributed by atoms with Crippen LogP contribution in [0.2, 0.25) is 0 Å². The minimum atomic E-state index is -1.36. The van der Waals surface area contributed by atoms with Crippen molar-refractivity contribution in [3.63, 3.8) is 0 Å². The van der Waals surface area contributed by atoms with Crippen LogP contribution in [0.25, 0.3) is 0 Å². The first kappa shape index (κ1) is 26.0. The lowest BCUT2D eigenvalue weighted by atomic mass is 10.0. The second kappa shape index (κ2) is 11.2. The second-order valence-corrected chi connectivity index (χ2v) is 8.63. The smallest absolute Gasteiger partial charge is 0.277 e. The van der Waals surface area contributed by atoms with E-state index in [0.29, 0.717) is 19.6 Å². The molecule has 3 rings (SSSR count). The third-order valence-corrected chi connectivity index (χ3v) is 6.34. The molecule has 1 aromatic rings. The number of carbonyl (C=O) groups excluding carboxylic acids is 1. The maximum absolute atomic E-state index is 14.0. The van der Waals surface area contributed by atoms with E-state index in [0.717, 1.165) is 6.08 Å². The Morgan fingerprint density at radius 2 is 2.18 bits per heavy atom. The fraction of sp³-hybridized carbons (Fsp3) is 0.478. The molecule has 1 amide bonds. The highest BCUT2D eigenvalue weighted by Gasteiger charge is 2.36. The quantitative estimate of drug-likeness (QED) is 0.262. The standard InChI is InChI=1S/C23H30F2N4O4S/c1-4-6-16(12-33-3)29-13-27(5-2)23(32)19-21(31)20(30)17(11-28(19)29)22(34)26-10-14-7-8-15(24)9-18(14)25/h4,7,9,11,15-16,22,26,31,34H,1,5-6,8,10,12-13H2,2-3H3/t15?,16-,22+/m0/s1. The number of nitrogens with one attached hydrogen (secondary N) is 1. The number of nitrogens with zero attached hydrogens (tertiary/aromatic N) is 3. The number of carbonyl (C=O) groups is 1. The molecule has 0 saturated heterocycles. The van der Waals surface area contributed by atoms with Crippen molar-refractivity contribution in [1.29, 1.82) is 0 Å². The molecular weight excluding hydrogens is 466 g/mol. The monoisotopic (exact) mass is 496 g/mol. The van der Waals surface area contributed by atoms with Gasteiger partial charge in [0.25, 0.3) is 5.91 Å². The maximum Gasteiger partial charge on any atom is 0.277 e. The summed E-state index contributed by atoms with van der Waals surface area (Å²) in [6.45, 7) is 6.50. The van der Waals surface area contributed by atoms with Gasteiger partial charge in [0.15, 0.2) is 11.4 Å². The van der Waals surface area contributed by atoms with Crippen LogP contribution in [0.1, 0.15) is 41.2 Å². The van der Waals surface area contributed by atoms with Gasteiger partial charge in [-0.05, 0) is 25.0 Å². The molecule has 0 saturated carbocycles. The Balaban J connectivity index is 1.98. The number of hydrogen-bond donors (Lipinski definition) is 3. The summed E-state index contributed by atoms with van der Waals surface area (Å²) in [5.41, 5.74) is -0.567. The zero-order valence-corrected chi connectivity index (χ0v) is 20.1. The van der Waals surface area contributed by atoms with E-state index in [4.69, 9.17) is 4.74 Å². The highest BCUT2D eigenvalue weighted by atomic mass is 32.1. The van der Waals surface area contributed by atoms with Gasteiger partial charge in [-0.2, -0.15) is 12.6 Å². The van der Waals surface area contributed by atoms with E-state index in [1.54, 1.807) is 20.1 Å². The normalized spacial score (nSPS) is 19.9. The third-order valence-electron chi connectivity index (χ3n) is 5.88. The number of ether oxygens (including phenoxy) is 1. The van der Waals surface area contributed by atoms with E-state index in [1.807, 2.05) is 5.01 Å². The number of alkyl halides is 1. The summed E-state index contributed by atoms with van der Waals surface area (Å²) in [7, 11) is 1.56. The summed E-state index contributed by atoms with van der Waals surface area (Å²) in [4.78, 5) is 27.5. The molecule has 8 nitrogen and oxygen atoms in total. The molecule has 1 unspecified atom stereocenters. The summed E-state index contributed by atoms with van der Waals surface area (Å²) in [6.07, 6.45) is 4.78. The van der Waals surface area contributed by atoms with Gasteiger partial charge in [-0.1, -0.05) is 12.2 Å². The van der Waals surface area contributed by atoms with Crippen molar-refractivity contribution in [2.45, 2.75) is 37.4 Å². The van der Waals surface area contributed by atoms with Gasteiger partial charge in [0.1, 0.15) is 18.7 Å². The largest absolute Gasteiger partial charge is 0.502 e. The van der Waals surface area contributed by atoms with Gasteiger partial charge in [0.2, 0.25) is 5.43 Å². The van der Waals surface area contributed by atoms with Crippen LogP contribution in [-0.4, -0.2) is 66.3 Å². The Labute approximate surface area is 202 Å². The highest BCUT2D eigenvalue weighted by molar-refractivity contribution is 7.80. The number of aromatic hydroxyl groups is 1. The number of hydrogen-bond acceptors (Lipinski definition) is 7. The number of rotatable bonds is 10. The van der Waals surface area contributed by atoms with Crippen molar-refractivity contribution in [3.05, 3.63) is 63.9 Å². The van der Waals surface area contributed by atoms with Crippen molar-refractivity contribution < 1.29 is 23.4 Å². The topological polar surface area (TPSA) is 87.0 Å². The SMILES string of the molecule is C=CC[C@@H](COC)N1CN(CC)C(=O)c2c(O)c(=O)c([C@@H](S)NCC3=CCC(F)C=C3F)cn21. The number of fused-ring (bicyclic) bond motifs is 1. The predicted molar refractivity (Wildman–Crippen MR) is 129 cm³/mol. The molecule has 0 fully saturated rings. The van der Waals surface area contributed by atoms with Crippen molar-refractivity contribution in [1.82, 2.24) is 14.9 Å². The van der Waals surface area contributed by atoms with E-state index in [-0.39, 0.29) is 42.5 Å². The van der Waals surface area contributed by atoms with Gasteiger partial charge in [-0.15, -0.1) is 6.58 Å². The van der Waals surface area contributed by atoms with E-state index >= 15 is 0 Å². The lowest BCUT2D eigenvalue weighted by molar-refractivity contribution is 0.0664. The van der Waals surface area contributed by atoms with Gasteiger partial charge in [-0.25, -0.2) is 8.78 Å². The van der Waals surface area contributed by atoms with Crippen molar-refractivity contribution in [2.75, 3.05) is 38.5 Å². The van der Waals surface area contributed by atoms with Crippen LogP contribution >= 0.6 is 12.6 Å². The molecule has 186 valence electrons. The molecule has 1 aliphatic heterocycles. The number of allylic oxidation sites excluding steroid dienone is 2. The number of pyridine rings is 1. The van der Waals surface area contributed by atoms with Gasteiger partial charge in [0, 0.05) is 38.4 Å². The van der Waals surface area contributed by atoms with Crippen molar-refractivity contribution >= 4 is 18.5 Å². The van der Waals surface area contributed by atoms with Gasteiger partial charge in [0.05, 0.1) is 18.0 Å². The summed E-state index contributed by atoms with van der Waals surface area (Å²) in [6, 6.07) is -0.232. The van der Waals surface area contributed by atoms with E-state index in [9.17, 15) is 23.5 Å². The van der Waals surface area contributed by atoms with Crippen LogP contribution < -0.4 is 15.8 Å². The van der Waals surface area contributed by atoms with E-state index < -0.39 is 34.5 Å². The molecule has 0 bridgehead atoms. The van der Waals surface area contributed by atoms with Gasteiger partial charge >= 0.3 is 0 Å². The Morgan fingerprint density at radius 1 is 1.44 bits per heavy atom. The zero-order valence-electron chi connectivity index (χ0n) is 19.2. The van der Waals surface area contributed by atoms with Crippen LogP contribution in [0, 0.1) is 0 Å². The Bertz CT molecular complexity index is 1060. The molecule has 1 aliphatic carbocycles. The first-order valence-corrected chi connectivity index (χ1v) is 11.5. The molecular formula is C23H30F2N4O4S. The lowest BCUT2D eigenvalue weighted by Crippen LogP contribution is -2.59. The van der Waals surface area contributed by atoms with Crippen molar-refractivity contribution in [3.8, 4) is 5.75 Å².